The van der Waals surface area contributed by atoms with Gasteiger partial charge in [0.1, 0.15) is 11.4 Å². The summed E-state index contributed by atoms with van der Waals surface area (Å²) < 4.78 is 6.14. The summed E-state index contributed by atoms with van der Waals surface area (Å²) in [6, 6.07) is 6.09. The van der Waals surface area contributed by atoms with Crippen LogP contribution in [0.4, 0.5) is 0 Å². The predicted octanol–water partition coefficient (Wildman–Crippen LogP) is 3.37. The number of aliphatic hydroxyl groups is 1. The molecule has 0 saturated heterocycles. The van der Waals surface area contributed by atoms with Crippen LogP contribution in [-0.2, 0) is 0 Å². The van der Waals surface area contributed by atoms with Crippen molar-refractivity contribution in [3.8, 4) is 5.75 Å². The van der Waals surface area contributed by atoms with E-state index in [2.05, 4.69) is 13.0 Å². The first-order valence-electron chi connectivity index (χ1n) is 6.53. The summed E-state index contributed by atoms with van der Waals surface area (Å²) in [5.74, 6) is 1.69. The molecular formula is C15H20O2. The minimum absolute atomic E-state index is 0.178. The van der Waals surface area contributed by atoms with Gasteiger partial charge in [-0.25, -0.2) is 0 Å². The van der Waals surface area contributed by atoms with Gasteiger partial charge in [-0.2, -0.15) is 0 Å². The SMILES string of the molecule is Cc1ccc2c(c1)[C@H](O)CC(C)(CC1CC1)O2. The van der Waals surface area contributed by atoms with E-state index in [0.29, 0.717) is 0 Å². The number of fused-ring (bicyclic) bond motifs is 1. The topological polar surface area (TPSA) is 29.5 Å². The molecule has 0 radical (unpaired) electrons. The third-order valence-electron chi connectivity index (χ3n) is 3.92. The molecule has 2 atom stereocenters. The summed E-state index contributed by atoms with van der Waals surface area (Å²) >= 11 is 0. The fourth-order valence-electron chi connectivity index (χ4n) is 2.90. The molecule has 2 heteroatoms. The fourth-order valence-corrected chi connectivity index (χ4v) is 2.90. The lowest BCUT2D eigenvalue weighted by Gasteiger charge is -2.38. The van der Waals surface area contributed by atoms with E-state index in [-0.39, 0.29) is 11.7 Å². The van der Waals surface area contributed by atoms with E-state index in [9.17, 15) is 5.11 Å². The van der Waals surface area contributed by atoms with E-state index in [1.165, 1.54) is 18.4 Å². The second-order valence-corrected chi connectivity index (χ2v) is 5.96. The molecule has 1 heterocycles. The van der Waals surface area contributed by atoms with Crippen LogP contribution in [0.5, 0.6) is 5.75 Å². The number of hydrogen-bond acceptors (Lipinski definition) is 2. The Kier molecular flexibility index (Phi) is 2.44. The van der Waals surface area contributed by atoms with Gasteiger partial charge in [0.2, 0.25) is 0 Å². The Morgan fingerprint density at radius 1 is 1.41 bits per heavy atom. The number of aryl methyl sites for hydroxylation is 1. The van der Waals surface area contributed by atoms with Crippen LogP contribution in [0.3, 0.4) is 0 Å². The minimum atomic E-state index is -0.373. The molecule has 92 valence electrons. The van der Waals surface area contributed by atoms with Crippen LogP contribution in [-0.4, -0.2) is 10.7 Å². The van der Waals surface area contributed by atoms with Gasteiger partial charge < -0.3 is 9.84 Å². The van der Waals surface area contributed by atoms with Crippen molar-refractivity contribution in [1.82, 2.24) is 0 Å². The maximum atomic E-state index is 10.3. The molecule has 1 aliphatic carbocycles. The molecule has 1 fully saturated rings. The van der Waals surface area contributed by atoms with Crippen LogP contribution in [0.25, 0.3) is 0 Å². The number of ether oxygens (including phenoxy) is 1. The first-order valence-corrected chi connectivity index (χ1v) is 6.53. The number of rotatable bonds is 2. The number of hydrogen-bond donors (Lipinski definition) is 1. The smallest absolute Gasteiger partial charge is 0.125 e. The van der Waals surface area contributed by atoms with Crippen molar-refractivity contribution in [2.75, 3.05) is 0 Å². The van der Waals surface area contributed by atoms with Gasteiger partial charge in [0.05, 0.1) is 6.10 Å². The highest BCUT2D eigenvalue weighted by Crippen LogP contribution is 2.46. The lowest BCUT2D eigenvalue weighted by Crippen LogP contribution is -2.38. The van der Waals surface area contributed by atoms with Gasteiger partial charge in [-0.15, -0.1) is 0 Å². The van der Waals surface area contributed by atoms with Crippen LogP contribution in [0.15, 0.2) is 18.2 Å². The summed E-state index contributed by atoms with van der Waals surface area (Å²) in [4.78, 5) is 0. The lowest BCUT2D eigenvalue weighted by atomic mass is 9.86. The molecule has 1 saturated carbocycles. The van der Waals surface area contributed by atoms with Crippen LogP contribution >= 0.6 is 0 Å². The van der Waals surface area contributed by atoms with Gasteiger partial charge in [0.15, 0.2) is 0 Å². The van der Waals surface area contributed by atoms with Crippen LogP contribution in [0, 0.1) is 12.8 Å². The van der Waals surface area contributed by atoms with E-state index in [1.54, 1.807) is 0 Å². The molecule has 0 amide bonds. The average Bonchev–Trinajstić information content (AvgIpc) is 3.03. The van der Waals surface area contributed by atoms with E-state index in [4.69, 9.17) is 4.74 Å². The standard InChI is InChI=1S/C15H20O2/c1-10-3-6-14-12(7-10)13(16)9-15(2,17-14)8-11-4-5-11/h3,6-7,11,13,16H,4-5,8-9H2,1-2H3/t13-,15?/m1/s1. The normalized spacial score (nSPS) is 31.8. The monoisotopic (exact) mass is 232 g/mol. The van der Waals surface area contributed by atoms with Crippen LogP contribution < -0.4 is 4.74 Å². The van der Waals surface area contributed by atoms with Crippen molar-refractivity contribution in [3.63, 3.8) is 0 Å². The number of benzene rings is 1. The molecule has 0 aromatic heterocycles. The lowest BCUT2D eigenvalue weighted by molar-refractivity contribution is -0.0105. The molecule has 1 aromatic rings. The summed E-state index contributed by atoms with van der Waals surface area (Å²) in [6.07, 6.45) is 4.09. The van der Waals surface area contributed by atoms with Crippen LogP contribution in [0.1, 0.15) is 49.8 Å². The molecule has 3 rings (SSSR count). The zero-order valence-corrected chi connectivity index (χ0v) is 10.6. The Morgan fingerprint density at radius 2 is 2.18 bits per heavy atom. The van der Waals surface area contributed by atoms with E-state index in [0.717, 1.165) is 30.1 Å². The highest BCUT2D eigenvalue weighted by atomic mass is 16.5. The van der Waals surface area contributed by atoms with Gasteiger partial charge in [-0.05, 0) is 38.3 Å². The van der Waals surface area contributed by atoms with Crippen molar-refractivity contribution in [3.05, 3.63) is 29.3 Å². The second-order valence-electron chi connectivity index (χ2n) is 5.96. The zero-order valence-electron chi connectivity index (χ0n) is 10.6. The predicted molar refractivity (Wildman–Crippen MR) is 67.1 cm³/mol. The zero-order chi connectivity index (χ0) is 12.0. The van der Waals surface area contributed by atoms with E-state index in [1.807, 2.05) is 19.1 Å². The van der Waals surface area contributed by atoms with Gasteiger partial charge in [0, 0.05) is 12.0 Å². The van der Waals surface area contributed by atoms with Gasteiger partial charge in [-0.1, -0.05) is 24.5 Å². The molecule has 2 aliphatic rings. The largest absolute Gasteiger partial charge is 0.487 e. The first kappa shape index (κ1) is 11.1. The number of aliphatic hydroxyl groups excluding tert-OH is 1. The molecule has 1 aromatic carbocycles. The Morgan fingerprint density at radius 3 is 2.88 bits per heavy atom. The Labute approximate surface area is 103 Å². The van der Waals surface area contributed by atoms with Crippen molar-refractivity contribution in [2.24, 2.45) is 5.92 Å². The summed E-state index contributed by atoms with van der Waals surface area (Å²) in [5, 5.41) is 10.3. The summed E-state index contributed by atoms with van der Waals surface area (Å²) in [5.41, 5.74) is 1.96. The molecule has 1 N–H and O–H groups in total. The quantitative estimate of drug-likeness (QED) is 0.847. The second kappa shape index (κ2) is 3.74. The van der Waals surface area contributed by atoms with Crippen molar-refractivity contribution in [1.29, 1.82) is 0 Å². The summed E-state index contributed by atoms with van der Waals surface area (Å²) in [7, 11) is 0. The summed E-state index contributed by atoms with van der Waals surface area (Å²) in [6.45, 7) is 4.18. The van der Waals surface area contributed by atoms with Crippen molar-refractivity contribution < 1.29 is 9.84 Å². The Hall–Kier alpha value is -1.02. The van der Waals surface area contributed by atoms with E-state index < -0.39 is 0 Å². The molecule has 1 unspecified atom stereocenters. The van der Waals surface area contributed by atoms with Crippen LogP contribution in [0.2, 0.25) is 0 Å². The molecule has 0 spiro atoms. The van der Waals surface area contributed by atoms with Gasteiger partial charge in [-0.3, -0.25) is 0 Å². The third kappa shape index (κ3) is 2.19. The molecule has 2 nitrogen and oxygen atoms in total. The molecule has 0 bridgehead atoms. The average molecular weight is 232 g/mol. The third-order valence-corrected chi connectivity index (χ3v) is 3.92. The molecular weight excluding hydrogens is 212 g/mol. The Balaban J connectivity index is 1.88. The fraction of sp³-hybridized carbons (Fsp3) is 0.600. The maximum absolute atomic E-state index is 10.3. The van der Waals surface area contributed by atoms with Crippen molar-refractivity contribution >= 4 is 0 Å². The highest BCUT2D eigenvalue weighted by Gasteiger charge is 2.40. The van der Waals surface area contributed by atoms with Crippen molar-refractivity contribution in [2.45, 2.75) is 51.2 Å². The first-order chi connectivity index (χ1) is 8.06. The van der Waals surface area contributed by atoms with Gasteiger partial charge >= 0.3 is 0 Å². The highest BCUT2D eigenvalue weighted by molar-refractivity contribution is 5.40. The van der Waals surface area contributed by atoms with E-state index >= 15 is 0 Å². The minimum Gasteiger partial charge on any atom is -0.487 e. The molecule has 1 aliphatic heterocycles. The maximum Gasteiger partial charge on any atom is 0.125 e. The molecule has 17 heavy (non-hydrogen) atoms. The van der Waals surface area contributed by atoms with Gasteiger partial charge in [0.25, 0.3) is 0 Å². The Bertz CT molecular complexity index is 437.